The highest BCUT2D eigenvalue weighted by atomic mass is 19.1. The molecule has 0 saturated heterocycles. The molecule has 3 nitrogen and oxygen atoms in total. The van der Waals surface area contributed by atoms with Gasteiger partial charge in [-0.2, -0.15) is 0 Å². The lowest BCUT2D eigenvalue weighted by atomic mass is 10.2. The summed E-state index contributed by atoms with van der Waals surface area (Å²) in [5.41, 5.74) is 0.615. The highest BCUT2D eigenvalue weighted by Crippen LogP contribution is 2.17. The van der Waals surface area contributed by atoms with E-state index in [1.807, 2.05) is 32.0 Å². The van der Waals surface area contributed by atoms with E-state index < -0.39 is 0 Å². The van der Waals surface area contributed by atoms with Gasteiger partial charge in [-0.05, 0) is 45.3 Å². The van der Waals surface area contributed by atoms with Crippen LogP contribution in [-0.2, 0) is 0 Å². The zero-order valence-electron chi connectivity index (χ0n) is 10.1. The van der Waals surface area contributed by atoms with Crippen LogP contribution < -0.4 is 0 Å². The van der Waals surface area contributed by atoms with E-state index in [0.717, 1.165) is 5.39 Å². The monoisotopic (exact) mass is 234 g/mol. The zero-order chi connectivity index (χ0) is 12.6. The first-order valence-corrected chi connectivity index (χ1v) is 5.48. The third-order valence-corrected chi connectivity index (χ3v) is 3.02. The first-order chi connectivity index (χ1) is 8.00. The molecule has 0 unspecified atom stereocenters. The van der Waals surface area contributed by atoms with Crippen LogP contribution in [0.15, 0.2) is 30.5 Å². The summed E-state index contributed by atoms with van der Waals surface area (Å²) in [5, 5.41) is 0.866. The Hall–Kier alpha value is -1.68. The lowest BCUT2D eigenvalue weighted by Crippen LogP contribution is -2.36. The van der Waals surface area contributed by atoms with Gasteiger partial charge in [-0.3, -0.25) is 14.3 Å². The van der Waals surface area contributed by atoms with Crippen LogP contribution in [0.25, 0.3) is 10.9 Å². The number of carbonyl (C=O) groups is 1. The molecule has 0 spiro atoms. The van der Waals surface area contributed by atoms with Gasteiger partial charge in [-0.15, -0.1) is 0 Å². The molecule has 17 heavy (non-hydrogen) atoms. The maximum absolute atomic E-state index is 13.2. The van der Waals surface area contributed by atoms with E-state index in [0.29, 0.717) is 5.52 Å². The Bertz CT molecular complexity index is 560. The summed E-state index contributed by atoms with van der Waals surface area (Å²) < 4.78 is 14.7. The van der Waals surface area contributed by atoms with Gasteiger partial charge in [-0.25, -0.2) is 4.39 Å². The Morgan fingerprint density at radius 1 is 1.35 bits per heavy atom. The van der Waals surface area contributed by atoms with Gasteiger partial charge in [0, 0.05) is 11.6 Å². The van der Waals surface area contributed by atoms with E-state index >= 15 is 0 Å². The predicted octanol–water partition coefficient (Wildman–Crippen LogP) is 2.37. The van der Waals surface area contributed by atoms with Crippen LogP contribution in [0.3, 0.4) is 0 Å². The standard InChI is InChI=1S/C13H15FN2O/c1-9(15(2)3)13(17)16-7-6-10-4-5-11(14)8-12(10)16/h4-9H,1-3H3/t9-/m1/s1. The summed E-state index contributed by atoms with van der Waals surface area (Å²) in [4.78, 5) is 14.0. The quantitative estimate of drug-likeness (QED) is 0.797. The molecule has 1 heterocycles. The van der Waals surface area contributed by atoms with Crippen LogP contribution in [-0.4, -0.2) is 35.5 Å². The first kappa shape index (κ1) is 11.8. The largest absolute Gasteiger partial charge is 0.298 e. The molecule has 4 heteroatoms. The third kappa shape index (κ3) is 2.08. The molecule has 1 aromatic heterocycles. The van der Waals surface area contributed by atoms with Crippen molar-refractivity contribution in [1.29, 1.82) is 0 Å². The van der Waals surface area contributed by atoms with Crippen LogP contribution in [0.1, 0.15) is 11.7 Å². The predicted molar refractivity (Wildman–Crippen MR) is 65.7 cm³/mol. The average Bonchev–Trinajstić information content (AvgIpc) is 2.69. The summed E-state index contributed by atoms with van der Waals surface area (Å²) in [5.74, 6) is -0.390. The van der Waals surface area contributed by atoms with Crippen molar-refractivity contribution in [2.24, 2.45) is 0 Å². The van der Waals surface area contributed by atoms with E-state index in [4.69, 9.17) is 0 Å². The van der Waals surface area contributed by atoms with Gasteiger partial charge >= 0.3 is 0 Å². The molecular formula is C13H15FN2O. The van der Waals surface area contributed by atoms with E-state index in [2.05, 4.69) is 0 Å². The average molecular weight is 234 g/mol. The molecule has 0 N–H and O–H groups in total. The number of aromatic nitrogens is 1. The van der Waals surface area contributed by atoms with Crippen LogP contribution in [0.5, 0.6) is 0 Å². The Balaban J connectivity index is 2.49. The normalized spacial score (nSPS) is 13.2. The van der Waals surface area contributed by atoms with Crippen LogP contribution in [0, 0.1) is 5.82 Å². The van der Waals surface area contributed by atoms with Crippen LogP contribution >= 0.6 is 0 Å². The fourth-order valence-electron chi connectivity index (χ4n) is 1.72. The molecule has 1 aromatic carbocycles. The first-order valence-electron chi connectivity index (χ1n) is 5.48. The Labute approximate surface area is 99.4 Å². The fraction of sp³-hybridized carbons (Fsp3) is 0.308. The fourth-order valence-corrected chi connectivity index (χ4v) is 1.72. The van der Waals surface area contributed by atoms with Crippen LogP contribution in [0.4, 0.5) is 4.39 Å². The molecule has 0 saturated carbocycles. The maximum Gasteiger partial charge on any atom is 0.248 e. The molecule has 0 aliphatic carbocycles. The van der Waals surface area contributed by atoms with Crippen molar-refractivity contribution in [2.45, 2.75) is 13.0 Å². The van der Waals surface area contributed by atoms with Gasteiger partial charge in [0.15, 0.2) is 0 Å². The SMILES string of the molecule is C[C@H](C(=O)n1ccc2ccc(F)cc21)N(C)C. The lowest BCUT2D eigenvalue weighted by Gasteiger charge is -2.19. The third-order valence-electron chi connectivity index (χ3n) is 3.02. The minimum Gasteiger partial charge on any atom is -0.298 e. The number of fused-ring (bicyclic) bond motifs is 1. The molecule has 0 amide bonds. The van der Waals surface area contributed by atoms with Crippen molar-refractivity contribution >= 4 is 16.8 Å². The van der Waals surface area contributed by atoms with Crippen LogP contribution in [0.2, 0.25) is 0 Å². The number of nitrogens with zero attached hydrogens (tertiary/aromatic N) is 2. The number of rotatable bonds is 2. The molecule has 0 fully saturated rings. The van der Waals surface area contributed by atoms with E-state index in [1.165, 1.54) is 16.7 Å². The summed E-state index contributed by atoms with van der Waals surface area (Å²) >= 11 is 0. The molecule has 2 aromatic rings. The van der Waals surface area contributed by atoms with E-state index in [9.17, 15) is 9.18 Å². The molecule has 0 bridgehead atoms. The Morgan fingerprint density at radius 3 is 2.71 bits per heavy atom. The summed E-state index contributed by atoms with van der Waals surface area (Å²) in [7, 11) is 3.68. The highest BCUT2D eigenvalue weighted by Gasteiger charge is 2.18. The highest BCUT2D eigenvalue weighted by molar-refractivity contribution is 5.94. The minimum atomic E-state index is -0.331. The van der Waals surface area contributed by atoms with Gasteiger partial charge in [0.05, 0.1) is 11.6 Å². The Morgan fingerprint density at radius 2 is 2.06 bits per heavy atom. The van der Waals surface area contributed by atoms with E-state index in [1.54, 1.807) is 12.3 Å². The molecular weight excluding hydrogens is 219 g/mol. The number of hydrogen-bond donors (Lipinski definition) is 0. The summed E-state index contributed by atoms with van der Waals surface area (Å²) in [6.07, 6.45) is 1.69. The molecule has 0 aliphatic rings. The summed E-state index contributed by atoms with van der Waals surface area (Å²) in [6, 6.07) is 6.03. The topological polar surface area (TPSA) is 25.2 Å². The van der Waals surface area contributed by atoms with E-state index in [-0.39, 0.29) is 17.8 Å². The number of likely N-dealkylation sites (N-methyl/N-ethyl adjacent to an activating group) is 1. The van der Waals surface area contributed by atoms with Gasteiger partial charge < -0.3 is 0 Å². The molecule has 2 rings (SSSR count). The molecule has 1 atom stereocenters. The van der Waals surface area contributed by atoms with Gasteiger partial charge in [0.2, 0.25) is 5.91 Å². The zero-order valence-corrected chi connectivity index (χ0v) is 10.1. The van der Waals surface area contributed by atoms with Crippen molar-refractivity contribution in [3.8, 4) is 0 Å². The smallest absolute Gasteiger partial charge is 0.248 e. The second-order valence-electron chi connectivity index (χ2n) is 4.37. The second kappa shape index (κ2) is 4.30. The summed E-state index contributed by atoms with van der Waals surface area (Å²) in [6.45, 7) is 1.83. The van der Waals surface area contributed by atoms with Crippen molar-refractivity contribution in [2.75, 3.05) is 14.1 Å². The number of carbonyl (C=O) groups excluding carboxylic acids is 1. The van der Waals surface area contributed by atoms with Crippen molar-refractivity contribution in [3.63, 3.8) is 0 Å². The number of hydrogen-bond acceptors (Lipinski definition) is 2. The van der Waals surface area contributed by atoms with Gasteiger partial charge in [-0.1, -0.05) is 0 Å². The number of benzene rings is 1. The second-order valence-corrected chi connectivity index (χ2v) is 4.37. The molecule has 0 radical (unpaired) electrons. The lowest BCUT2D eigenvalue weighted by molar-refractivity contribution is 0.0809. The van der Waals surface area contributed by atoms with Gasteiger partial charge in [0.25, 0.3) is 0 Å². The van der Waals surface area contributed by atoms with Gasteiger partial charge in [0.1, 0.15) is 5.82 Å². The van der Waals surface area contributed by atoms with Crippen molar-refractivity contribution in [1.82, 2.24) is 9.47 Å². The minimum absolute atomic E-state index is 0.0596. The Kier molecular flexibility index (Phi) is 2.98. The van der Waals surface area contributed by atoms with Crippen molar-refractivity contribution < 1.29 is 9.18 Å². The molecule has 0 aliphatic heterocycles. The van der Waals surface area contributed by atoms with Crippen molar-refractivity contribution in [3.05, 3.63) is 36.3 Å². The molecule has 90 valence electrons. The number of halogens is 1. The maximum atomic E-state index is 13.2.